The maximum absolute atomic E-state index is 6.35. The zero-order valence-electron chi connectivity index (χ0n) is 34.5. The van der Waals surface area contributed by atoms with E-state index in [1.165, 1.54) is 59.2 Å². The van der Waals surface area contributed by atoms with Crippen molar-refractivity contribution in [2.45, 2.75) is 40.0 Å². The van der Waals surface area contributed by atoms with E-state index in [-0.39, 0.29) is 5.41 Å². The fraction of sp³-hybridized carbons (Fsp3) is 0.107. The van der Waals surface area contributed by atoms with Crippen molar-refractivity contribution >= 4 is 110 Å². The summed E-state index contributed by atoms with van der Waals surface area (Å²) in [6, 6.07) is 55.4. The van der Waals surface area contributed by atoms with Crippen LogP contribution in [-0.4, -0.2) is 0 Å². The molecule has 3 nitrogen and oxygen atoms in total. The first kappa shape index (κ1) is 36.2. The highest BCUT2D eigenvalue weighted by atomic mass is 32.1. The average Bonchev–Trinajstić information content (AvgIpc) is 3.82. The first-order valence-corrected chi connectivity index (χ1v) is 21.5. The van der Waals surface area contributed by atoms with Gasteiger partial charge in [-0.1, -0.05) is 129 Å². The van der Waals surface area contributed by atoms with Gasteiger partial charge in [0, 0.05) is 69.6 Å². The zero-order valence-corrected chi connectivity index (χ0v) is 35.3. The quantitative estimate of drug-likeness (QED) is 0.167. The Bertz CT molecular complexity index is 3410. The lowest BCUT2D eigenvalue weighted by molar-refractivity contribution is 0.633. The van der Waals surface area contributed by atoms with Gasteiger partial charge in [0.1, 0.15) is 11.2 Å². The van der Waals surface area contributed by atoms with Crippen LogP contribution < -0.4 is 9.80 Å². The lowest BCUT2D eigenvalue weighted by Crippen LogP contribution is -2.31. The van der Waals surface area contributed by atoms with Gasteiger partial charge in [0.05, 0.1) is 22.7 Å². The van der Waals surface area contributed by atoms with Crippen molar-refractivity contribution < 1.29 is 4.42 Å². The molecule has 1 aliphatic rings. The smallest absolute Gasteiger partial charge is 0.135 e. The van der Waals surface area contributed by atoms with E-state index in [0.29, 0.717) is 0 Å². The molecule has 4 heteroatoms. The maximum Gasteiger partial charge on any atom is 0.135 e. The molecule has 11 rings (SSSR count). The Morgan fingerprint density at radius 3 is 2.15 bits per heavy atom. The van der Waals surface area contributed by atoms with Gasteiger partial charge < -0.3 is 14.2 Å². The minimum atomic E-state index is -0.248. The molecule has 0 saturated heterocycles. The number of nitrogens with zero attached hydrogens (tertiary/aromatic N) is 2. The van der Waals surface area contributed by atoms with Crippen molar-refractivity contribution in [2.75, 3.05) is 9.80 Å². The van der Waals surface area contributed by atoms with Crippen LogP contribution in [0.5, 0.6) is 0 Å². The van der Waals surface area contributed by atoms with E-state index < -0.39 is 0 Å². The molecule has 60 heavy (non-hydrogen) atoms. The summed E-state index contributed by atoms with van der Waals surface area (Å²) in [6.45, 7) is 16.0. The molecule has 10 aromatic rings. The van der Waals surface area contributed by atoms with Crippen LogP contribution in [0.2, 0.25) is 0 Å². The molecule has 1 aliphatic heterocycles. The number of fused-ring (bicyclic) bond motifs is 9. The molecule has 0 unspecified atom stereocenters. The first-order valence-electron chi connectivity index (χ1n) is 20.7. The number of aryl methyl sites for hydroxylation is 1. The Labute approximate surface area is 354 Å². The Morgan fingerprint density at radius 1 is 0.600 bits per heavy atom. The Hall–Kier alpha value is -6.88. The fourth-order valence-corrected chi connectivity index (χ4v) is 10.8. The van der Waals surface area contributed by atoms with Crippen molar-refractivity contribution in [2.24, 2.45) is 0 Å². The van der Waals surface area contributed by atoms with Crippen LogP contribution in [0.4, 0.5) is 34.1 Å². The van der Waals surface area contributed by atoms with Crippen molar-refractivity contribution in [3.05, 3.63) is 192 Å². The first-order chi connectivity index (χ1) is 29.2. The second-order valence-corrected chi connectivity index (χ2v) is 18.0. The molecule has 0 fully saturated rings. The number of hydrogen-bond donors (Lipinski definition) is 0. The van der Waals surface area contributed by atoms with E-state index in [4.69, 9.17) is 4.42 Å². The molecule has 290 valence electrons. The number of para-hydroxylation sites is 3. The lowest BCUT2D eigenvalue weighted by Gasteiger charge is -2.43. The van der Waals surface area contributed by atoms with Gasteiger partial charge in [-0.15, -0.1) is 11.3 Å². The Balaban J connectivity index is 1.28. The van der Waals surface area contributed by atoms with Crippen LogP contribution >= 0.6 is 11.3 Å². The predicted octanol–water partition coefficient (Wildman–Crippen LogP) is 17.1. The molecule has 0 amide bonds. The molecule has 0 saturated carbocycles. The summed E-state index contributed by atoms with van der Waals surface area (Å²) >= 11 is 1.87. The van der Waals surface area contributed by atoms with Crippen LogP contribution in [-0.2, 0) is 5.41 Å². The summed E-state index contributed by atoms with van der Waals surface area (Å²) < 4.78 is 8.94. The number of furan rings is 1. The summed E-state index contributed by atoms with van der Waals surface area (Å²) in [5.74, 6) is 0. The van der Waals surface area contributed by atoms with Crippen molar-refractivity contribution in [1.29, 1.82) is 0 Å². The minimum Gasteiger partial charge on any atom is -0.456 e. The molecular weight excluding hydrogens is 749 g/mol. The number of allylic oxidation sites excluding steroid dienone is 1. The van der Waals surface area contributed by atoms with Crippen LogP contribution in [0.15, 0.2) is 168 Å². The lowest BCUT2D eigenvalue weighted by atomic mass is 9.73. The molecule has 3 heterocycles. The van der Waals surface area contributed by atoms with Gasteiger partial charge in [0.25, 0.3) is 0 Å². The second kappa shape index (κ2) is 13.6. The molecule has 0 aliphatic carbocycles. The SMILES string of the molecule is C=Cc1c(C=C(C)C)c(N(c2ccccc2)c2ccc3oc4ccccc4c3c2)c2ccc(C)cc2c1N1c2ccccc2C(C)(C)c2cc3c(cc21)sc1ccccc13. The van der Waals surface area contributed by atoms with Gasteiger partial charge in [-0.25, -0.2) is 0 Å². The van der Waals surface area contributed by atoms with E-state index in [0.717, 1.165) is 61.2 Å². The monoisotopic (exact) mass is 792 g/mol. The topological polar surface area (TPSA) is 19.6 Å². The van der Waals surface area contributed by atoms with E-state index >= 15 is 0 Å². The average molecular weight is 793 g/mol. The minimum absolute atomic E-state index is 0.248. The van der Waals surface area contributed by atoms with Crippen LogP contribution in [0, 0.1) is 6.92 Å². The third kappa shape index (κ3) is 5.41. The second-order valence-electron chi connectivity index (χ2n) is 16.9. The molecule has 2 aromatic heterocycles. The van der Waals surface area contributed by atoms with E-state index in [1.807, 2.05) is 23.5 Å². The predicted molar refractivity (Wildman–Crippen MR) is 260 cm³/mol. The molecule has 0 atom stereocenters. The molecular formula is C56H44N2OS. The third-order valence-corrected chi connectivity index (χ3v) is 13.6. The highest BCUT2D eigenvalue weighted by Gasteiger charge is 2.39. The van der Waals surface area contributed by atoms with Crippen molar-refractivity contribution in [3.8, 4) is 0 Å². The van der Waals surface area contributed by atoms with Gasteiger partial charge in [0.2, 0.25) is 0 Å². The summed E-state index contributed by atoms with van der Waals surface area (Å²) in [4.78, 5) is 4.99. The molecule has 8 aromatic carbocycles. The van der Waals surface area contributed by atoms with Crippen molar-refractivity contribution in [1.82, 2.24) is 0 Å². The Kier molecular flexibility index (Phi) is 8.20. The van der Waals surface area contributed by atoms with Crippen LogP contribution in [0.25, 0.3) is 65.0 Å². The fourth-order valence-electron chi connectivity index (χ4n) is 9.73. The number of benzene rings is 8. The number of rotatable bonds is 6. The van der Waals surface area contributed by atoms with E-state index in [1.54, 1.807) is 0 Å². The molecule has 0 N–H and O–H groups in total. The van der Waals surface area contributed by atoms with Gasteiger partial charge in [-0.05, 0) is 98.6 Å². The highest BCUT2D eigenvalue weighted by Crippen LogP contribution is 2.58. The summed E-state index contributed by atoms with van der Waals surface area (Å²) in [7, 11) is 0. The Morgan fingerprint density at radius 2 is 1.33 bits per heavy atom. The van der Waals surface area contributed by atoms with Gasteiger partial charge >= 0.3 is 0 Å². The third-order valence-electron chi connectivity index (χ3n) is 12.4. The van der Waals surface area contributed by atoms with E-state index in [2.05, 4.69) is 203 Å². The summed E-state index contributed by atoms with van der Waals surface area (Å²) in [5.41, 5.74) is 15.5. The molecule has 0 radical (unpaired) electrons. The van der Waals surface area contributed by atoms with Gasteiger partial charge in [-0.2, -0.15) is 0 Å². The van der Waals surface area contributed by atoms with Crippen molar-refractivity contribution in [3.63, 3.8) is 0 Å². The van der Waals surface area contributed by atoms with Gasteiger partial charge in [0.15, 0.2) is 0 Å². The maximum atomic E-state index is 6.35. The van der Waals surface area contributed by atoms with Gasteiger partial charge in [-0.3, -0.25) is 0 Å². The summed E-state index contributed by atoms with van der Waals surface area (Å²) in [5, 5.41) is 7.14. The number of hydrogen-bond acceptors (Lipinski definition) is 4. The molecule has 0 bridgehead atoms. The van der Waals surface area contributed by atoms with Crippen LogP contribution in [0.3, 0.4) is 0 Å². The summed E-state index contributed by atoms with van der Waals surface area (Å²) in [6.07, 6.45) is 4.44. The van der Waals surface area contributed by atoms with Crippen LogP contribution in [0.1, 0.15) is 55.5 Å². The molecule has 0 spiro atoms. The largest absolute Gasteiger partial charge is 0.456 e. The zero-order chi connectivity index (χ0) is 40.9. The standard InChI is InChI=1S/C56H44N2OS/c1-7-38-44(29-34(2)3)55(57(36-17-9-8-10-18-36)37-26-28-51-42(31-37)39-19-11-15-23-50(39)59-51)41-27-25-35(4)30-45(41)54(38)58-48-22-14-13-21-46(48)56(5,6)47-32-43-40-20-12-16-24-52(40)60-53(43)33-49(47)58/h7-33H,1H2,2-6H3. The van der Waals surface area contributed by atoms with E-state index in [9.17, 15) is 0 Å². The highest BCUT2D eigenvalue weighted by molar-refractivity contribution is 7.25. The number of thiophene rings is 1. The number of anilines is 6. The normalized spacial score (nSPS) is 13.2.